The molecule has 1 N–H and O–H groups in total. The number of anilines is 1. The van der Waals surface area contributed by atoms with Crippen LogP contribution in [0.25, 0.3) is 11.3 Å². The molecular weight excluding hydrogens is 366 g/mol. The van der Waals surface area contributed by atoms with Crippen LogP contribution in [0.5, 0.6) is 5.75 Å². The van der Waals surface area contributed by atoms with E-state index in [0.717, 1.165) is 16.7 Å². The van der Waals surface area contributed by atoms with Crippen LogP contribution in [0.3, 0.4) is 0 Å². The van der Waals surface area contributed by atoms with Gasteiger partial charge in [-0.3, -0.25) is 20.2 Å². The molecule has 0 saturated carbocycles. The van der Waals surface area contributed by atoms with Gasteiger partial charge < -0.3 is 4.74 Å². The molecule has 0 aliphatic carbocycles. The van der Waals surface area contributed by atoms with Crippen LogP contribution < -0.4 is 10.1 Å². The van der Waals surface area contributed by atoms with Crippen molar-refractivity contribution < 1.29 is 14.5 Å². The first-order valence-corrected chi connectivity index (χ1v) is 9.00. The number of carbonyl (C=O) groups excluding carboxylic acids is 1. The molecule has 0 spiro atoms. The summed E-state index contributed by atoms with van der Waals surface area (Å²) in [5.41, 5.74) is 3.53. The Morgan fingerprint density at radius 1 is 1.19 bits per heavy atom. The first-order chi connectivity index (χ1) is 12.9. The van der Waals surface area contributed by atoms with Gasteiger partial charge in [-0.05, 0) is 49.2 Å². The second-order valence-electron chi connectivity index (χ2n) is 6.00. The van der Waals surface area contributed by atoms with Gasteiger partial charge >= 0.3 is 0 Å². The van der Waals surface area contributed by atoms with E-state index in [-0.39, 0.29) is 18.2 Å². The normalized spacial score (nSPS) is 10.4. The largest absolute Gasteiger partial charge is 0.484 e. The summed E-state index contributed by atoms with van der Waals surface area (Å²) in [6, 6.07) is 11.9. The first-order valence-electron chi connectivity index (χ1n) is 8.12. The fraction of sp³-hybridized carbons (Fsp3) is 0.158. The van der Waals surface area contributed by atoms with Crippen LogP contribution in [-0.2, 0) is 4.79 Å². The summed E-state index contributed by atoms with van der Waals surface area (Å²) < 4.78 is 5.53. The maximum Gasteiger partial charge on any atom is 0.269 e. The molecular formula is C19H17N3O4S. The fourth-order valence-electron chi connectivity index (χ4n) is 2.54. The Morgan fingerprint density at radius 2 is 1.85 bits per heavy atom. The van der Waals surface area contributed by atoms with E-state index >= 15 is 0 Å². The third-order valence-corrected chi connectivity index (χ3v) is 4.45. The Morgan fingerprint density at radius 3 is 2.48 bits per heavy atom. The van der Waals surface area contributed by atoms with Crippen LogP contribution in [0.4, 0.5) is 10.8 Å². The van der Waals surface area contributed by atoms with Gasteiger partial charge in [0.25, 0.3) is 11.6 Å². The Hall–Kier alpha value is -3.26. The number of carbonyl (C=O) groups is 1. The number of ether oxygens (including phenoxy) is 1. The average Bonchev–Trinajstić information content (AvgIpc) is 3.07. The van der Waals surface area contributed by atoms with Gasteiger partial charge in [-0.25, -0.2) is 4.98 Å². The molecule has 0 atom stereocenters. The number of nitrogens with zero attached hydrogens (tertiary/aromatic N) is 2. The summed E-state index contributed by atoms with van der Waals surface area (Å²) in [7, 11) is 0. The van der Waals surface area contributed by atoms with Gasteiger partial charge in [0.2, 0.25) is 0 Å². The summed E-state index contributed by atoms with van der Waals surface area (Å²) in [6.07, 6.45) is 0. The number of benzene rings is 2. The molecule has 138 valence electrons. The topological polar surface area (TPSA) is 94.4 Å². The molecule has 3 rings (SSSR count). The molecule has 0 bridgehead atoms. The standard InChI is InChI=1S/C19H17N3O4S/c1-12-7-13(2)9-16(8-12)26-10-18(23)21-19-20-17(11-27-19)14-3-5-15(6-4-14)22(24)25/h3-9,11H,10H2,1-2H3,(H,20,21,23). The lowest BCUT2D eigenvalue weighted by Crippen LogP contribution is -2.20. The number of non-ortho nitro benzene ring substituents is 1. The van der Waals surface area contributed by atoms with E-state index in [4.69, 9.17) is 4.74 Å². The highest BCUT2D eigenvalue weighted by Crippen LogP contribution is 2.26. The van der Waals surface area contributed by atoms with Gasteiger partial charge in [-0.2, -0.15) is 0 Å². The Labute approximate surface area is 159 Å². The second kappa shape index (κ2) is 7.96. The first kappa shape index (κ1) is 18.5. The highest BCUT2D eigenvalue weighted by atomic mass is 32.1. The number of aryl methyl sites for hydroxylation is 2. The Balaban J connectivity index is 1.59. The van der Waals surface area contributed by atoms with Gasteiger partial charge in [0.15, 0.2) is 11.7 Å². The van der Waals surface area contributed by atoms with E-state index < -0.39 is 4.92 Å². The van der Waals surface area contributed by atoms with Gasteiger partial charge in [0.05, 0.1) is 10.6 Å². The second-order valence-corrected chi connectivity index (χ2v) is 6.86. The number of hydrogen-bond donors (Lipinski definition) is 1. The zero-order chi connectivity index (χ0) is 19.4. The molecule has 8 heteroatoms. The SMILES string of the molecule is Cc1cc(C)cc(OCC(=O)Nc2nc(-c3ccc([N+](=O)[O-])cc3)cs2)c1. The van der Waals surface area contributed by atoms with E-state index in [2.05, 4.69) is 10.3 Å². The van der Waals surface area contributed by atoms with E-state index in [9.17, 15) is 14.9 Å². The third kappa shape index (κ3) is 4.89. The minimum atomic E-state index is -0.452. The fourth-order valence-corrected chi connectivity index (χ4v) is 3.27. The predicted molar refractivity (Wildman–Crippen MR) is 104 cm³/mol. The highest BCUT2D eigenvalue weighted by molar-refractivity contribution is 7.14. The quantitative estimate of drug-likeness (QED) is 0.504. The molecule has 0 unspecified atom stereocenters. The van der Waals surface area contributed by atoms with Crippen molar-refractivity contribution in [3.05, 3.63) is 69.1 Å². The lowest BCUT2D eigenvalue weighted by atomic mass is 10.1. The van der Waals surface area contributed by atoms with E-state index in [1.54, 1.807) is 17.5 Å². The number of nitro groups is 1. The zero-order valence-electron chi connectivity index (χ0n) is 14.8. The summed E-state index contributed by atoms with van der Waals surface area (Å²) in [6.45, 7) is 3.82. The van der Waals surface area contributed by atoms with Crippen molar-refractivity contribution in [2.45, 2.75) is 13.8 Å². The third-order valence-electron chi connectivity index (χ3n) is 3.69. The van der Waals surface area contributed by atoms with Gasteiger partial charge in [-0.1, -0.05) is 6.07 Å². The number of nitro benzene ring substituents is 1. The molecule has 7 nitrogen and oxygen atoms in total. The lowest BCUT2D eigenvalue weighted by molar-refractivity contribution is -0.384. The van der Waals surface area contributed by atoms with Crippen LogP contribution in [0.15, 0.2) is 47.8 Å². The van der Waals surface area contributed by atoms with Crippen molar-refractivity contribution in [3.8, 4) is 17.0 Å². The Kier molecular flexibility index (Phi) is 5.46. The van der Waals surface area contributed by atoms with Crippen molar-refractivity contribution in [2.75, 3.05) is 11.9 Å². The van der Waals surface area contributed by atoms with E-state index in [1.165, 1.54) is 23.5 Å². The Bertz CT molecular complexity index is 963. The zero-order valence-corrected chi connectivity index (χ0v) is 15.6. The molecule has 0 aliphatic rings. The smallest absolute Gasteiger partial charge is 0.269 e. The molecule has 27 heavy (non-hydrogen) atoms. The number of hydrogen-bond acceptors (Lipinski definition) is 6. The number of nitrogens with one attached hydrogen (secondary N) is 1. The summed E-state index contributed by atoms with van der Waals surface area (Å²) in [5.74, 6) is 0.340. The maximum atomic E-state index is 12.1. The summed E-state index contributed by atoms with van der Waals surface area (Å²) in [4.78, 5) is 26.7. The van der Waals surface area contributed by atoms with E-state index in [0.29, 0.717) is 16.6 Å². The number of aromatic nitrogens is 1. The number of rotatable bonds is 6. The van der Waals surface area contributed by atoms with Gasteiger partial charge in [0, 0.05) is 23.1 Å². The molecule has 0 radical (unpaired) electrons. The molecule has 3 aromatic rings. The molecule has 1 amide bonds. The minimum absolute atomic E-state index is 0.0195. The maximum absolute atomic E-state index is 12.1. The van der Waals surface area contributed by atoms with Crippen molar-refractivity contribution in [2.24, 2.45) is 0 Å². The van der Waals surface area contributed by atoms with Crippen molar-refractivity contribution >= 4 is 28.1 Å². The van der Waals surface area contributed by atoms with Crippen molar-refractivity contribution in [1.82, 2.24) is 4.98 Å². The highest BCUT2D eigenvalue weighted by Gasteiger charge is 2.11. The van der Waals surface area contributed by atoms with Crippen LogP contribution in [-0.4, -0.2) is 22.4 Å². The molecule has 0 fully saturated rings. The van der Waals surface area contributed by atoms with Crippen LogP contribution >= 0.6 is 11.3 Å². The molecule has 0 saturated heterocycles. The van der Waals surface area contributed by atoms with Gasteiger partial charge in [-0.15, -0.1) is 11.3 Å². The van der Waals surface area contributed by atoms with Crippen molar-refractivity contribution in [3.63, 3.8) is 0 Å². The molecule has 0 aliphatic heterocycles. The molecule has 1 heterocycles. The summed E-state index contributed by atoms with van der Waals surface area (Å²) >= 11 is 1.28. The van der Waals surface area contributed by atoms with E-state index in [1.807, 2.05) is 32.0 Å². The number of thiazole rings is 1. The van der Waals surface area contributed by atoms with Crippen molar-refractivity contribution in [1.29, 1.82) is 0 Å². The van der Waals surface area contributed by atoms with Crippen LogP contribution in [0, 0.1) is 24.0 Å². The van der Waals surface area contributed by atoms with Gasteiger partial charge in [0.1, 0.15) is 5.75 Å². The summed E-state index contributed by atoms with van der Waals surface area (Å²) in [5, 5.41) is 15.6. The number of amides is 1. The lowest BCUT2D eigenvalue weighted by Gasteiger charge is -2.07. The predicted octanol–water partition coefficient (Wildman–Crippen LogP) is 4.35. The molecule has 2 aromatic carbocycles. The average molecular weight is 383 g/mol. The van der Waals surface area contributed by atoms with Crippen LogP contribution in [0.1, 0.15) is 11.1 Å². The molecule has 1 aromatic heterocycles. The monoisotopic (exact) mass is 383 g/mol. The minimum Gasteiger partial charge on any atom is -0.484 e. The van der Waals surface area contributed by atoms with Crippen LogP contribution in [0.2, 0.25) is 0 Å².